The van der Waals surface area contributed by atoms with Gasteiger partial charge in [0, 0.05) is 19.3 Å². The highest BCUT2D eigenvalue weighted by Crippen LogP contribution is 2.29. The first-order chi connectivity index (χ1) is 6.18. The molecule has 2 rings (SSSR count). The van der Waals surface area contributed by atoms with Crippen molar-refractivity contribution in [1.82, 2.24) is 0 Å². The lowest BCUT2D eigenvalue weighted by Gasteiger charge is -2.27. The summed E-state index contributed by atoms with van der Waals surface area (Å²) in [6.45, 7) is 0.996. The monoisotopic (exact) mass is 180 g/mol. The van der Waals surface area contributed by atoms with Crippen molar-refractivity contribution in [3.8, 4) is 0 Å². The summed E-state index contributed by atoms with van der Waals surface area (Å²) in [5.74, 6) is -0.312. The molecule has 0 aliphatic carbocycles. The van der Waals surface area contributed by atoms with Crippen LogP contribution >= 0.6 is 0 Å². The topological polar surface area (TPSA) is 29.3 Å². The third-order valence-electron chi connectivity index (χ3n) is 2.55. The van der Waals surface area contributed by atoms with E-state index in [4.69, 9.17) is 5.73 Å². The second-order valence-corrected chi connectivity index (χ2v) is 3.53. The number of nitrogens with two attached hydrogens (primary N) is 1. The lowest BCUT2D eigenvalue weighted by molar-refractivity contribution is 0.627. The Bertz CT molecular complexity index is 336. The number of hydrogen-bond acceptors (Lipinski definition) is 2. The van der Waals surface area contributed by atoms with Crippen LogP contribution in [-0.4, -0.2) is 13.6 Å². The van der Waals surface area contributed by atoms with Crippen LogP contribution in [0, 0.1) is 5.82 Å². The van der Waals surface area contributed by atoms with Gasteiger partial charge in [0.15, 0.2) is 0 Å². The minimum absolute atomic E-state index is 0.258. The number of nitrogen functional groups attached to an aromatic ring is 1. The van der Waals surface area contributed by atoms with Crippen LogP contribution in [0.5, 0.6) is 0 Å². The van der Waals surface area contributed by atoms with Crippen LogP contribution in [0.3, 0.4) is 0 Å². The molecule has 1 heterocycles. The van der Waals surface area contributed by atoms with Gasteiger partial charge in [0.2, 0.25) is 0 Å². The van der Waals surface area contributed by atoms with Crippen molar-refractivity contribution in [2.45, 2.75) is 12.8 Å². The van der Waals surface area contributed by atoms with Crippen LogP contribution in [0.4, 0.5) is 15.8 Å². The highest BCUT2D eigenvalue weighted by atomic mass is 19.1. The largest absolute Gasteiger partial charge is 0.396 e. The summed E-state index contributed by atoms with van der Waals surface area (Å²) in [5, 5.41) is 0. The lowest BCUT2D eigenvalue weighted by Crippen LogP contribution is -2.24. The Morgan fingerprint density at radius 2 is 2.23 bits per heavy atom. The second-order valence-electron chi connectivity index (χ2n) is 3.53. The Hall–Kier alpha value is -1.25. The lowest BCUT2D eigenvalue weighted by atomic mass is 10.0. The molecule has 70 valence electrons. The fourth-order valence-electron chi connectivity index (χ4n) is 1.81. The highest BCUT2D eigenvalue weighted by Gasteiger charge is 2.15. The molecule has 2 N–H and O–H groups in total. The fourth-order valence-corrected chi connectivity index (χ4v) is 1.81. The van der Waals surface area contributed by atoms with Crippen molar-refractivity contribution in [1.29, 1.82) is 0 Å². The summed E-state index contributed by atoms with van der Waals surface area (Å²) >= 11 is 0. The Morgan fingerprint density at radius 3 is 3.00 bits per heavy atom. The zero-order valence-electron chi connectivity index (χ0n) is 7.68. The molecule has 1 aromatic rings. The predicted molar refractivity (Wildman–Crippen MR) is 52.4 cm³/mol. The fraction of sp³-hybridized carbons (Fsp3) is 0.400. The molecule has 0 radical (unpaired) electrons. The van der Waals surface area contributed by atoms with Crippen molar-refractivity contribution in [3.63, 3.8) is 0 Å². The number of nitrogens with zero attached hydrogens (tertiary/aromatic N) is 1. The maximum atomic E-state index is 13.1. The first-order valence-corrected chi connectivity index (χ1v) is 4.47. The van der Waals surface area contributed by atoms with E-state index < -0.39 is 0 Å². The molecule has 0 atom stereocenters. The average molecular weight is 180 g/mol. The Morgan fingerprint density at radius 1 is 1.46 bits per heavy atom. The number of anilines is 2. The van der Waals surface area contributed by atoms with Gasteiger partial charge in [-0.15, -0.1) is 0 Å². The van der Waals surface area contributed by atoms with E-state index in [0.29, 0.717) is 0 Å². The van der Waals surface area contributed by atoms with Gasteiger partial charge in [-0.05, 0) is 30.5 Å². The maximum absolute atomic E-state index is 13.1. The average Bonchev–Trinajstić information content (AvgIpc) is 2.09. The second kappa shape index (κ2) is 2.91. The van der Waals surface area contributed by atoms with Gasteiger partial charge in [-0.2, -0.15) is 0 Å². The molecule has 0 saturated carbocycles. The van der Waals surface area contributed by atoms with Gasteiger partial charge < -0.3 is 10.6 Å². The summed E-state index contributed by atoms with van der Waals surface area (Å²) in [7, 11) is 1.98. The molecule has 3 heteroatoms. The number of aryl methyl sites for hydroxylation is 1. The van der Waals surface area contributed by atoms with Gasteiger partial charge >= 0.3 is 0 Å². The summed E-state index contributed by atoms with van der Waals surface area (Å²) in [6, 6.07) is 3.28. The Balaban J connectivity index is 2.52. The van der Waals surface area contributed by atoms with E-state index in [2.05, 4.69) is 4.90 Å². The number of hydrogen-bond donors (Lipinski definition) is 1. The van der Waals surface area contributed by atoms with Crippen LogP contribution in [0.15, 0.2) is 12.1 Å². The third-order valence-corrected chi connectivity index (χ3v) is 2.55. The number of benzene rings is 1. The summed E-state index contributed by atoms with van der Waals surface area (Å²) in [4.78, 5) is 2.07. The van der Waals surface area contributed by atoms with Crippen molar-refractivity contribution >= 4 is 11.4 Å². The SMILES string of the molecule is CN1CCCc2cc(N)c(F)cc21. The molecule has 0 bridgehead atoms. The van der Waals surface area contributed by atoms with Crippen molar-refractivity contribution in [2.24, 2.45) is 0 Å². The number of rotatable bonds is 0. The van der Waals surface area contributed by atoms with Crippen molar-refractivity contribution in [2.75, 3.05) is 24.2 Å². The molecule has 1 aliphatic heterocycles. The van der Waals surface area contributed by atoms with Gasteiger partial charge in [-0.3, -0.25) is 0 Å². The van der Waals surface area contributed by atoms with Crippen molar-refractivity contribution < 1.29 is 4.39 Å². The molecule has 0 unspecified atom stereocenters. The molecule has 13 heavy (non-hydrogen) atoms. The normalized spacial score (nSPS) is 15.7. The van der Waals surface area contributed by atoms with E-state index in [0.717, 1.165) is 30.6 Å². The molecule has 2 nitrogen and oxygen atoms in total. The van der Waals surface area contributed by atoms with Gasteiger partial charge in [0.25, 0.3) is 0 Å². The van der Waals surface area contributed by atoms with Gasteiger partial charge in [-0.1, -0.05) is 0 Å². The van der Waals surface area contributed by atoms with E-state index in [-0.39, 0.29) is 11.5 Å². The minimum Gasteiger partial charge on any atom is -0.396 e. The summed E-state index contributed by atoms with van der Waals surface area (Å²) in [5.41, 5.74) is 7.90. The zero-order valence-corrected chi connectivity index (χ0v) is 7.68. The Labute approximate surface area is 77.2 Å². The molecule has 1 aliphatic rings. The third kappa shape index (κ3) is 1.34. The standard InChI is InChI=1S/C10H13FN2/c1-13-4-2-3-7-5-9(12)8(11)6-10(7)13/h5-6H,2-4,12H2,1H3. The van der Waals surface area contributed by atoms with Crippen LogP contribution in [-0.2, 0) is 6.42 Å². The van der Waals surface area contributed by atoms with E-state index in [9.17, 15) is 4.39 Å². The molecule has 1 aromatic carbocycles. The molecule has 0 amide bonds. The zero-order chi connectivity index (χ0) is 9.42. The Kier molecular flexibility index (Phi) is 1.87. The van der Waals surface area contributed by atoms with Gasteiger partial charge in [0.05, 0.1) is 5.69 Å². The molecule has 0 saturated heterocycles. The first-order valence-electron chi connectivity index (χ1n) is 4.47. The summed E-state index contributed by atoms with van der Waals surface area (Å²) in [6.07, 6.45) is 2.12. The quantitative estimate of drug-likeness (QED) is 0.617. The van der Waals surface area contributed by atoms with E-state index in [1.807, 2.05) is 7.05 Å². The first kappa shape index (κ1) is 8.35. The molecule has 0 aromatic heterocycles. The van der Waals surface area contributed by atoms with Crippen LogP contribution < -0.4 is 10.6 Å². The maximum Gasteiger partial charge on any atom is 0.148 e. The molecule has 0 fully saturated rings. The minimum atomic E-state index is -0.312. The van der Waals surface area contributed by atoms with E-state index in [1.54, 1.807) is 6.07 Å². The molecular formula is C10H13FN2. The van der Waals surface area contributed by atoms with Crippen LogP contribution in [0.1, 0.15) is 12.0 Å². The predicted octanol–water partition coefficient (Wildman–Crippen LogP) is 1.79. The van der Waals surface area contributed by atoms with Crippen LogP contribution in [0.2, 0.25) is 0 Å². The smallest absolute Gasteiger partial charge is 0.148 e. The van der Waals surface area contributed by atoms with Gasteiger partial charge in [-0.25, -0.2) is 4.39 Å². The highest BCUT2D eigenvalue weighted by molar-refractivity contribution is 5.61. The molecule has 0 spiro atoms. The van der Waals surface area contributed by atoms with E-state index in [1.165, 1.54) is 6.07 Å². The summed E-state index contributed by atoms with van der Waals surface area (Å²) < 4.78 is 13.1. The van der Waals surface area contributed by atoms with Gasteiger partial charge in [0.1, 0.15) is 5.82 Å². The van der Waals surface area contributed by atoms with E-state index >= 15 is 0 Å². The number of fused-ring (bicyclic) bond motifs is 1. The van der Waals surface area contributed by atoms with Crippen LogP contribution in [0.25, 0.3) is 0 Å². The number of halogens is 1. The molecular weight excluding hydrogens is 167 g/mol. The van der Waals surface area contributed by atoms with Crippen molar-refractivity contribution in [3.05, 3.63) is 23.5 Å².